The van der Waals surface area contributed by atoms with E-state index in [1.165, 1.54) is 0 Å². The van der Waals surface area contributed by atoms with Gasteiger partial charge in [-0.2, -0.15) is 5.26 Å². The normalized spacial score (nSPS) is 12.1. The van der Waals surface area contributed by atoms with E-state index >= 15 is 0 Å². The Balaban J connectivity index is 3.12. The molecule has 0 fully saturated rings. The summed E-state index contributed by atoms with van der Waals surface area (Å²) < 4.78 is 0. The van der Waals surface area contributed by atoms with E-state index in [1.54, 1.807) is 12.1 Å². The Morgan fingerprint density at radius 3 is 2.85 bits per heavy atom. The average molecular weight is 176 g/mol. The summed E-state index contributed by atoms with van der Waals surface area (Å²) in [5, 5.41) is 8.61. The number of hydrogen-bond donors (Lipinski definition) is 2. The third-order valence-electron chi connectivity index (χ3n) is 1.86. The number of nitrogen functional groups attached to an aromatic ring is 1. The molecule has 0 bridgehead atoms. The van der Waals surface area contributed by atoms with Crippen LogP contribution in [0.1, 0.15) is 30.8 Å². The van der Waals surface area contributed by atoms with Crippen LogP contribution in [0.5, 0.6) is 0 Å². The molecule has 13 heavy (non-hydrogen) atoms. The molecule has 1 heterocycles. The van der Waals surface area contributed by atoms with Crippen LogP contribution in [-0.4, -0.2) is 4.98 Å². The first kappa shape index (κ1) is 9.49. The topological polar surface area (TPSA) is 88.7 Å². The molecule has 0 aliphatic carbocycles. The van der Waals surface area contributed by atoms with E-state index in [0.717, 1.165) is 6.42 Å². The van der Waals surface area contributed by atoms with Gasteiger partial charge in [0.25, 0.3) is 0 Å². The van der Waals surface area contributed by atoms with Crippen LogP contribution < -0.4 is 11.5 Å². The first-order valence-electron chi connectivity index (χ1n) is 4.11. The lowest BCUT2D eigenvalue weighted by Crippen LogP contribution is -2.13. The van der Waals surface area contributed by atoms with E-state index in [2.05, 4.69) is 4.98 Å². The van der Waals surface area contributed by atoms with Gasteiger partial charge < -0.3 is 11.5 Å². The highest BCUT2D eigenvalue weighted by Crippen LogP contribution is 2.18. The second-order valence-corrected chi connectivity index (χ2v) is 2.80. The van der Waals surface area contributed by atoms with Crippen molar-refractivity contribution in [2.45, 2.75) is 19.4 Å². The number of hydrogen-bond acceptors (Lipinski definition) is 4. The van der Waals surface area contributed by atoms with Gasteiger partial charge in [0.2, 0.25) is 0 Å². The van der Waals surface area contributed by atoms with Crippen LogP contribution >= 0.6 is 0 Å². The Kier molecular flexibility index (Phi) is 2.83. The fraction of sp³-hybridized carbons (Fsp3) is 0.333. The van der Waals surface area contributed by atoms with Crippen molar-refractivity contribution in [2.75, 3.05) is 5.73 Å². The third-order valence-corrected chi connectivity index (χ3v) is 1.86. The first-order valence-corrected chi connectivity index (χ1v) is 4.11. The maximum Gasteiger partial charge on any atom is 0.141 e. The minimum Gasteiger partial charge on any atom is -0.397 e. The minimum atomic E-state index is -0.187. The van der Waals surface area contributed by atoms with Crippen LogP contribution in [0.4, 0.5) is 5.69 Å². The highest BCUT2D eigenvalue weighted by molar-refractivity contribution is 5.46. The molecule has 0 aliphatic rings. The number of nitrogens with zero attached hydrogens (tertiary/aromatic N) is 2. The Bertz CT molecular complexity index is 340. The summed E-state index contributed by atoms with van der Waals surface area (Å²) in [5.41, 5.74) is 13.0. The maximum absolute atomic E-state index is 8.61. The lowest BCUT2D eigenvalue weighted by Gasteiger charge is -2.10. The summed E-state index contributed by atoms with van der Waals surface area (Å²) in [6, 6.07) is 5.01. The molecule has 1 aromatic heterocycles. The second-order valence-electron chi connectivity index (χ2n) is 2.80. The van der Waals surface area contributed by atoms with Crippen LogP contribution in [0.25, 0.3) is 0 Å². The summed E-state index contributed by atoms with van der Waals surface area (Å²) in [4.78, 5) is 4.05. The van der Waals surface area contributed by atoms with Crippen molar-refractivity contribution in [3.8, 4) is 6.07 Å². The van der Waals surface area contributed by atoms with Crippen molar-refractivity contribution in [1.82, 2.24) is 4.98 Å². The molecule has 0 aliphatic heterocycles. The van der Waals surface area contributed by atoms with Crippen LogP contribution in [0.3, 0.4) is 0 Å². The van der Waals surface area contributed by atoms with Crippen molar-refractivity contribution in [2.24, 2.45) is 5.73 Å². The molecule has 0 unspecified atom stereocenters. The number of nitrogens with two attached hydrogens (primary N) is 2. The summed E-state index contributed by atoms with van der Waals surface area (Å²) >= 11 is 0. The average Bonchev–Trinajstić information content (AvgIpc) is 2.17. The molecule has 4 heteroatoms. The molecule has 0 saturated heterocycles. The van der Waals surface area contributed by atoms with E-state index in [9.17, 15) is 0 Å². The van der Waals surface area contributed by atoms with Gasteiger partial charge in [-0.05, 0) is 18.6 Å². The quantitative estimate of drug-likeness (QED) is 0.702. The van der Waals surface area contributed by atoms with Gasteiger partial charge in [0.1, 0.15) is 11.8 Å². The SMILES string of the molecule is CC[C@H](N)c1nc(C#N)ccc1N. The van der Waals surface area contributed by atoms with Gasteiger partial charge in [0.15, 0.2) is 0 Å². The first-order chi connectivity index (χ1) is 6.19. The van der Waals surface area contributed by atoms with Gasteiger partial charge in [-0.3, -0.25) is 0 Å². The number of pyridine rings is 1. The standard InChI is InChI=1S/C9H12N4/c1-2-7(11)9-8(12)4-3-6(5-10)13-9/h3-4,7H,2,11-12H2,1H3/t7-/m0/s1. The molecule has 0 spiro atoms. The second kappa shape index (κ2) is 3.87. The van der Waals surface area contributed by atoms with E-state index < -0.39 is 0 Å². The largest absolute Gasteiger partial charge is 0.397 e. The van der Waals surface area contributed by atoms with Crippen molar-refractivity contribution in [3.63, 3.8) is 0 Å². The summed E-state index contributed by atoms with van der Waals surface area (Å²) in [5.74, 6) is 0. The highest BCUT2D eigenvalue weighted by Gasteiger charge is 2.09. The Labute approximate surface area is 77.2 Å². The number of anilines is 1. The molecule has 68 valence electrons. The number of rotatable bonds is 2. The summed E-state index contributed by atoms with van der Waals surface area (Å²) in [7, 11) is 0. The molecule has 1 rings (SSSR count). The maximum atomic E-state index is 8.61. The lowest BCUT2D eigenvalue weighted by atomic mass is 10.1. The molecular weight excluding hydrogens is 164 g/mol. The van der Waals surface area contributed by atoms with Crippen molar-refractivity contribution >= 4 is 5.69 Å². The zero-order valence-electron chi connectivity index (χ0n) is 7.49. The molecule has 1 aromatic rings. The van der Waals surface area contributed by atoms with E-state index in [0.29, 0.717) is 17.1 Å². The van der Waals surface area contributed by atoms with Crippen LogP contribution in [0.15, 0.2) is 12.1 Å². The van der Waals surface area contributed by atoms with Gasteiger partial charge in [-0.15, -0.1) is 0 Å². The fourth-order valence-electron chi connectivity index (χ4n) is 1.04. The zero-order chi connectivity index (χ0) is 9.84. The van der Waals surface area contributed by atoms with Crippen LogP contribution in [0, 0.1) is 11.3 Å². The van der Waals surface area contributed by atoms with E-state index in [-0.39, 0.29) is 6.04 Å². The molecular formula is C9H12N4. The molecule has 4 N–H and O–H groups in total. The molecule has 0 amide bonds. The Morgan fingerprint density at radius 1 is 1.62 bits per heavy atom. The van der Waals surface area contributed by atoms with Crippen LogP contribution in [-0.2, 0) is 0 Å². The van der Waals surface area contributed by atoms with Crippen LogP contribution in [0.2, 0.25) is 0 Å². The Morgan fingerprint density at radius 2 is 2.31 bits per heavy atom. The van der Waals surface area contributed by atoms with E-state index in [1.807, 2.05) is 13.0 Å². The van der Waals surface area contributed by atoms with Gasteiger partial charge in [0.05, 0.1) is 11.4 Å². The van der Waals surface area contributed by atoms with E-state index in [4.69, 9.17) is 16.7 Å². The molecule has 0 saturated carbocycles. The van der Waals surface area contributed by atoms with Crippen molar-refractivity contribution < 1.29 is 0 Å². The lowest BCUT2D eigenvalue weighted by molar-refractivity contribution is 0.677. The molecule has 1 atom stereocenters. The number of nitriles is 1. The fourth-order valence-corrected chi connectivity index (χ4v) is 1.04. The zero-order valence-corrected chi connectivity index (χ0v) is 7.49. The Hall–Kier alpha value is -1.60. The van der Waals surface area contributed by atoms with Gasteiger partial charge >= 0.3 is 0 Å². The minimum absolute atomic E-state index is 0.187. The molecule has 0 aromatic carbocycles. The molecule has 0 radical (unpaired) electrons. The summed E-state index contributed by atoms with van der Waals surface area (Å²) in [6.45, 7) is 1.95. The highest BCUT2D eigenvalue weighted by atomic mass is 14.8. The third kappa shape index (κ3) is 1.95. The van der Waals surface area contributed by atoms with Crippen molar-refractivity contribution in [1.29, 1.82) is 5.26 Å². The predicted molar refractivity (Wildman–Crippen MR) is 50.6 cm³/mol. The number of aromatic nitrogens is 1. The smallest absolute Gasteiger partial charge is 0.141 e. The van der Waals surface area contributed by atoms with Crippen molar-refractivity contribution in [3.05, 3.63) is 23.5 Å². The van der Waals surface area contributed by atoms with Gasteiger partial charge in [0, 0.05) is 6.04 Å². The predicted octanol–water partition coefficient (Wildman–Crippen LogP) is 0.945. The van der Waals surface area contributed by atoms with Gasteiger partial charge in [-0.25, -0.2) is 4.98 Å². The molecule has 4 nitrogen and oxygen atoms in total. The summed E-state index contributed by atoms with van der Waals surface area (Å²) in [6.07, 6.45) is 0.756. The monoisotopic (exact) mass is 176 g/mol. The van der Waals surface area contributed by atoms with Gasteiger partial charge in [-0.1, -0.05) is 6.92 Å².